The number of piperidine rings is 1. The first-order valence-corrected chi connectivity index (χ1v) is 10.9. The Morgan fingerprint density at radius 2 is 2.03 bits per heavy atom. The molecule has 2 aromatic carbocycles. The van der Waals surface area contributed by atoms with Crippen LogP contribution in [0.2, 0.25) is 0 Å². The fourth-order valence-corrected chi connectivity index (χ4v) is 4.56. The normalized spacial score (nSPS) is 16.9. The van der Waals surface area contributed by atoms with E-state index < -0.39 is 32.1 Å². The van der Waals surface area contributed by atoms with Gasteiger partial charge in [-0.2, -0.15) is 8.78 Å². The average molecular weight is 457 g/mol. The zero-order valence-corrected chi connectivity index (χ0v) is 17.1. The molecule has 0 radical (unpaired) electrons. The maximum Gasteiger partial charge on any atom is 0.387 e. The molecule has 0 amide bonds. The molecule has 2 N–H and O–H groups in total. The number of aliphatic hydroxyl groups excluding tert-OH is 1. The van der Waals surface area contributed by atoms with Crippen LogP contribution in [0, 0.1) is 16.0 Å². The lowest BCUT2D eigenvalue weighted by Gasteiger charge is -2.33. The summed E-state index contributed by atoms with van der Waals surface area (Å²) in [5, 5.41) is 21.0. The van der Waals surface area contributed by atoms with Crippen molar-refractivity contribution >= 4 is 27.1 Å². The Morgan fingerprint density at radius 1 is 1.29 bits per heavy atom. The molecule has 1 atom stereocenters. The number of halogens is 2. The molecule has 1 heterocycles. The number of hydrogen-bond donors (Lipinski definition) is 2. The van der Waals surface area contributed by atoms with Gasteiger partial charge >= 0.3 is 6.61 Å². The predicted octanol–water partition coefficient (Wildman–Crippen LogP) is 3.21. The molecule has 3 rings (SSSR count). The monoisotopic (exact) mass is 457 g/mol. The SMILES string of the molecule is O=[N+]([O-])c1cc(S(=O)(=O)Nc2ccccc2OC(F)F)ccc1N1CCCC(CO)C1. The highest BCUT2D eigenvalue weighted by Crippen LogP contribution is 2.35. The third-order valence-electron chi connectivity index (χ3n) is 4.92. The minimum atomic E-state index is -4.33. The maximum absolute atomic E-state index is 12.8. The zero-order valence-electron chi connectivity index (χ0n) is 16.3. The van der Waals surface area contributed by atoms with Gasteiger partial charge in [-0.1, -0.05) is 12.1 Å². The van der Waals surface area contributed by atoms with E-state index in [2.05, 4.69) is 9.46 Å². The number of ether oxygens (including phenoxy) is 1. The van der Waals surface area contributed by atoms with Crippen LogP contribution in [0.4, 0.5) is 25.8 Å². The number of hydrogen-bond acceptors (Lipinski definition) is 7. The predicted molar refractivity (Wildman–Crippen MR) is 109 cm³/mol. The van der Waals surface area contributed by atoms with Gasteiger partial charge in [-0.05, 0) is 43.0 Å². The van der Waals surface area contributed by atoms with Crippen LogP contribution in [-0.4, -0.2) is 44.8 Å². The number of rotatable bonds is 8. The van der Waals surface area contributed by atoms with Crippen molar-refractivity contribution in [2.45, 2.75) is 24.3 Å². The molecule has 31 heavy (non-hydrogen) atoms. The Kier molecular flexibility index (Phi) is 6.91. The van der Waals surface area contributed by atoms with E-state index in [0.29, 0.717) is 13.1 Å². The third kappa shape index (κ3) is 5.39. The second kappa shape index (κ2) is 9.43. The second-order valence-corrected chi connectivity index (χ2v) is 8.71. The molecule has 0 spiro atoms. The van der Waals surface area contributed by atoms with Gasteiger partial charge in [-0.25, -0.2) is 8.42 Å². The van der Waals surface area contributed by atoms with E-state index in [9.17, 15) is 32.4 Å². The van der Waals surface area contributed by atoms with Crippen molar-refractivity contribution in [3.8, 4) is 5.75 Å². The fourth-order valence-electron chi connectivity index (χ4n) is 3.47. The van der Waals surface area contributed by atoms with Crippen LogP contribution >= 0.6 is 0 Å². The summed E-state index contributed by atoms with van der Waals surface area (Å²) in [4.78, 5) is 12.3. The standard InChI is InChI=1S/C19H21F2N3O6S/c20-19(21)30-18-6-2-1-5-15(18)22-31(28,29)14-7-8-16(17(10-14)24(26)27)23-9-3-4-13(11-23)12-25/h1-2,5-8,10,13,19,22,25H,3-4,9,11-12H2. The van der Waals surface area contributed by atoms with Crippen molar-refractivity contribution in [1.29, 1.82) is 0 Å². The van der Waals surface area contributed by atoms with Gasteiger partial charge in [-0.3, -0.25) is 14.8 Å². The lowest BCUT2D eigenvalue weighted by Crippen LogP contribution is -2.37. The van der Waals surface area contributed by atoms with Gasteiger partial charge in [0.2, 0.25) is 0 Å². The second-order valence-electron chi connectivity index (χ2n) is 7.02. The van der Waals surface area contributed by atoms with Gasteiger partial charge in [0.1, 0.15) is 11.4 Å². The molecule has 1 unspecified atom stereocenters. The van der Waals surface area contributed by atoms with Gasteiger partial charge in [-0.15, -0.1) is 0 Å². The van der Waals surface area contributed by atoms with Crippen LogP contribution < -0.4 is 14.4 Å². The summed E-state index contributed by atoms with van der Waals surface area (Å²) in [7, 11) is -4.33. The number of anilines is 2. The Hall–Kier alpha value is -2.99. The molecule has 0 aromatic heterocycles. The molecule has 12 heteroatoms. The number of aliphatic hydroxyl groups is 1. The number of nitro groups is 1. The van der Waals surface area contributed by atoms with Crippen LogP contribution in [0.1, 0.15) is 12.8 Å². The number of nitrogens with one attached hydrogen (secondary N) is 1. The fraction of sp³-hybridized carbons (Fsp3) is 0.368. The summed E-state index contributed by atoms with van der Waals surface area (Å²) >= 11 is 0. The van der Waals surface area contributed by atoms with E-state index in [1.54, 1.807) is 4.90 Å². The van der Waals surface area contributed by atoms with Crippen LogP contribution in [0.25, 0.3) is 0 Å². The maximum atomic E-state index is 12.8. The Morgan fingerprint density at radius 3 is 2.71 bits per heavy atom. The van der Waals surface area contributed by atoms with Gasteiger partial charge in [0, 0.05) is 25.8 Å². The number of benzene rings is 2. The molecule has 1 fully saturated rings. The molecular formula is C19H21F2N3O6S. The Bertz CT molecular complexity index is 1050. The summed E-state index contributed by atoms with van der Waals surface area (Å²) in [5.41, 5.74) is -0.376. The summed E-state index contributed by atoms with van der Waals surface area (Å²) in [6.45, 7) is -2.24. The molecule has 2 aromatic rings. The van der Waals surface area contributed by atoms with Gasteiger partial charge in [0.05, 0.1) is 15.5 Å². The molecule has 1 aliphatic heterocycles. The molecule has 0 aliphatic carbocycles. The van der Waals surface area contributed by atoms with Crippen molar-refractivity contribution in [1.82, 2.24) is 0 Å². The minimum Gasteiger partial charge on any atom is -0.433 e. The van der Waals surface area contributed by atoms with Crippen LogP contribution in [0.5, 0.6) is 5.75 Å². The molecule has 1 saturated heterocycles. The largest absolute Gasteiger partial charge is 0.433 e. The third-order valence-corrected chi connectivity index (χ3v) is 6.28. The van der Waals surface area contributed by atoms with Crippen LogP contribution in [-0.2, 0) is 10.0 Å². The highest BCUT2D eigenvalue weighted by Gasteiger charge is 2.28. The first-order valence-electron chi connectivity index (χ1n) is 9.42. The van der Waals surface area contributed by atoms with Crippen molar-refractivity contribution in [3.05, 3.63) is 52.6 Å². The van der Waals surface area contributed by atoms with E-state index in [1.807, 2.05) is 0 Å². The smallest absolute Gasteiger partial charge is 0.387 e. The Labute approximate surface area is 177 Å². The summed E-state index contributed by atoms with van der Waals surface area (Å²) in [5.74, 6) is -0.402. The summed E-state index contributed by atoms with van der Waals surface area (Å²) in [6, 6.07) is 8.71. The van der Waals surface area contributed by atoms with E-state index in [0.717, 1.165) is 18.9 Å². The quantitative estimate of drug-likeness (QED) is 0.461. The summed E-state index contributed by atoms with van der Waals surface area (Å²) < 4.78 is 57.2. The Balaban J connectivity index is 1.92. The van der Waals surface area contributed by atoms with E-state index in [-0.39, 0.29) is 29.6 Å². The minimum absolute atomic E-state index is 0.0234. The lowest BCUT2D eigenvalue weighted by atomic mass is 9.98. The molecule has 0 bridgehead atoms. The van der Waals surface area contributed by atoms with Crippen molar-refractivity contribution in [2.24, 2.45) is 5.92 Å². The first-order chi connectivity index (χ1) is 14.7. The van der Waals surface area contributed by atoms with E-state index >= 15 is 0 Å². The average Bonchev–Trinajstić information content (AvgIpc) is 2.74. The van der Waals surface area contributed by atoms with E-state index in [4.69, 9.17) is 0 Å². The number of alkyl halides is 2. The molecule has 9 nitrogen and oxygen atoms in total. The molecule has 0 saturated carbocycles. The van der Waals surface area contributed by atoms with Gasteiger partial charge < -0.3 is 14.7 Å². The highest BCUT2D eigenvalue weighted by atomic mass is 32.2. The number of para-hydroxylation sites is 2. The van der Waals surface area contributed by atoms with Crippen LogP contribution in [0.15, 0.2) is 47.4 Å². The van der Waals surface area contributed by atoms with Gasteiger partial charge in [0.15, 0.2) is 0 Å². The molecule has 1 aliphatic rings. The lowest BCUT2D eigenvalue weighted by molar-refractivity contribution is -0.384. The molecular weight excluding hydrogens is 436 g/mol. The number of sulfonamides is 1. The highest BCUT2D eigenvalue weighted by molar-refractivity contribution is 7.92. The van der Waals surface area contributed by atoms with Crippen molar-refractivity contribution in [3.63, 3.8) is 0 Å². The first kappa shape index (κ1) is 22.7. The topological polar surface area (TPSA) is 122 Å². The number of nitro benzene ring substituents is 1. The van der Waals surface area contributed by atoms with E-state index in [1.165, 1.54) is 36.4 Å². The van der Waals surface area contributed by atoms with Crippen LogP contribution in [0.3, 0.4) is 0 Å². The van der Waals surface area contributed by atoms with Crippen molar-refractivity contribution < 1.29 is 32.0 Å². The summed E-state index contributed by atoms with van der Waals surface area (Å²) in [6.07, 6.45) is 1.54. The van der Waals surface area contributed by atoms with Gasteiger partial charge in [0.25, 0.3) is 15.7 Å². The zero-order chi connectivity index (χ0) is 22.6. The molecule has 168 valence electrons. The van der Waals surface area contributed by atoms with Crippen molar-refractivity contribution in [2.75, 3.05) is 29.3 Å². The number of nitrogens with zero attached hydrogens (tertiary/aromatic N) is 2.